The number of imide groups is 2. The highest BCUT2D eigenvalue weighted by Gasteiger charge is 2.64. The van der Waals surface area contributed by atoms with Gasteiger partial charge < -0.3 is 20.3 Å². The fourth-order valence-corrected chi connectivity index (χ4v) is 10.4. The number of nitriles is 1. The third-order valence-electron chi connectivity index (χ3n) is 12.9. The zero-order valence-corrected chi connectivity index (χ0v) is 32.7. The summed E-state index contributed by atoms with van der Waals surface area (Å²) in [5, 5.41) is 18.7. The third kappa shape index (κ3) is 6.36. The molecule has 4 fully saturated rings. The molecule has 3 aliphatic heterocycles. The number of rotatable bonds is 8. The molecule has 0 radical (unpaired) electrons. The van der Waals surface area contributed by atoms with Crippen LogP contribution < -0.4 is 25.6 Å². The van der Waals surface area contributed by atoms with Crippen molar-refractivity contribution in [1.82, 2.24) is 15.5 Å². The molecule has 2 saturated heterocycles. The summed E-state index contributed by atoms with van der Waals surface area (Å²) in [5.41, 5.74) is 2.95. The van der Waals surface area contributed by atoms with E-state index in [0.717, 1.165) is 55.0 Å². The first kappa shape index (κ1) is 37.5. The lowest BCUT2D eigenvalue weighted by molar-refractivity contribution is -0.164. The summed E-state index contributed by atoms with van der Waals surface area (Å²) in [4.78, 5) is 67.2. The van der Waals surface area contributed by atoms with Crippen molar-refractivity contribution < 1.29 is 28.7 Å². The van der Waals surface area contributed by atoms with Gasteiger partial charge in [-0.1, -0.05) is 39.3 Å². The average Bonchev–Trinajstić information content (AvgIpc) is 3.40. The van der Waals surface area contributed by atoms with Crippen molar-refractivity contribution in [2.75, 3.05) is 23.3 Å². The van der Waals surface area contributed by atoms with Crippen LogP contribution in [0.2, 0.25) is 5.02 Å². The van der Waals surface area contributed by atoms with Gasteiger partial charge in [0.2, 0.25) is 11.8 Å². The number of nitrogens with one attached hydrogen (secondary N) is 3. The molecule has 3 heterocycles. The maximum absolute atomic E-state index is 13.4. The van der Waals surface area contributed by atoms with Crippen LogP contribution in [-0.2, 0) is 9.59 Å². The first-order chi connectivity index (χ1) is 26.6. The Morgan fingerprint density at radius 1 is 0.911 bits per heavy atom. The molecule has 5 amide bonds. The van der Waals surface area contributed by atoms with Gasteiger partial charge in [-0.05, 0) is 92.1 Å². The van der Waals surface area contributed by atoms with Crippen molar-refractivity contribution in [2.24, 2.45) is 16.2 Å². The van der Waals surface area contributed by atoms with Crippen LogP contribution in [-0.4, -0.2) is 71.8 Å². The SMILES string of the molecule is CC1(C)[C@H](NC(=O)c2ccc(NC3CC4(CCN(c5ccc6c(c5)C(=O)N(C5CCC(=O)NC5=O)C6=O)CC4)C3)cc2)C(C)(C)[C@H]1Oc1ccc(C#N)c(Cl)c1. The number of anilines is 2. The highest BCUT2D eigenvalue weighted by molar-refractivity contribution is 6.31. The van der Waals surface area contributed by atoms with Crippen molar-refractivity contribution in [3.63, 3.8) is 0 Å². The highest BCUT2D eigenvalue weighted by atomic mass is 35.5. The molecule has 1 spiro atoms. The Bertz CT molecular complexity index is 2180. The Hall–Kier alpha value is -5.41. The molecule has 0 aromatic heterocycles. The lowest BCUT2D eigenvalue weighted by Crippen LogP contribution is -2.74. The molecule has 1 unspecified atom stereocenters. The minimum Gasteiger partial charge on any atom is -0.489 e. The number of nitrogens with zero attached hydrogens (tertiary/aromatic N) is 3. The average molecular weight is 777 g/mol. The van der Waals surface area contributed by atoms with Gasteiger partial charge >= 0.3 is 0 Å². The predicted molar refractivity (Wildman–Crippen MR) is 209 cm³/mol. The summed E-state index contributed by atoms with van der Waals surface area (Å²) >= 11 is 6.24. The van der Waals surface area contributed by atoms with Gasteiger partial charge in [0.15, 0.2) is 0 Å². The van der Waals surface area contributed by atoms with Crippen LogP contribution in [0, 0.1) is 27.6 Å². The minimum atomic E-state index is -0.979. The molecule has 12 nitrogen and oxygen atoms in total. The van der Waals surface area contributed by atoms with Gasteiger partial charge in [0.05, 0.1) is 21.7 Å². The number of fused-ring (bicyclic) bond motifs is 1. The van der Waals surface area contributed by atoms with Crippen molar-refractivity contribution in [1.29, 1.82) is 5.26 Å². The summed E-state index contributed by atoms with van der Waals surface area (Å²) in [6.07, 6.45) is 4.14. The van der Waals surface area contributed by atoms with E-state index in [9.17, 15) is 29.2 Å². The monoisotopic (exact) mass is 776 g/mol. The Morgan fingerprint density at radius 3 is 2.23 bits per heavy atom. The second-order valence-corrected chi connectivity index (χ2v) is 17.7. The van der Waals surface area contributed by atoms with E-state index in [-0.39, 0.29) is 52.7 Å². The molecule has 2 saturated carbocycles. The van der Waals surface area contributed by atoms with Gasteiger partial charge in [-0.25, -0.2) is 0 Å². The molecule has 13 heteroatoms. The molecule has 3 N–H and O–H groups in total. The zero-order chi connectivity index (χ0) is 39.7. The fourth-order valence-electron chi connectivity index (χ4n) is 10.2. The Balaban J connectivity index is 0.815. The number of benzene rings is 3. The van der Waals surface area contributed by atoms with Gasteiger partial charge in [0.1, 0.15) is 24.0 Å². The number of amides is 5. The third-order valence-corrected chi connectivity index (χ3v) is 13.2. The quantitative estimate of drug-likeness (QED) is 0.230. The van der Waals surface area contributed by atoms with Crippen LogP contribution in [0.1, 0.15) is 103 Å². The second-order valence-electron chi connectivity index (χ2n) is 17.3. The summed E-state index contributed by atoms with van der Waals surface area (Å²) in [6, 6.07) is 19.3. The maximum Gasteiger partial charge on any atom is 0.262 e. The molecule has 56 heavy (non-hydrogen) atoms. The number of carbonyl (C=O) groups excluding carboxylic acids is 5. The predicted octanol–water partition coefficient (Wildman–Crippen LogP) is 6.09. The summed E-state index contributed by atoms with van der Waals surface area (Å²) in [5.74, 6) is -1.54. The lowest BCUT2D eigenvalue weighted by Gasteiger charge is -2.63. The van der Waals surface area contributed by atoms with E-state index in [1.807, 2.05) is 30.3 Å². The molecular formula is C43H45ClN6O6. The molecule has 3 aromatic rings. The Kier molecular flexibility index (Phi) is 9.15. The summed E-state index contributed by atoms with van der Waals surface area (Å²) < 4.78 is 6.37. The minimum absolute atomic E-state index is 0.0865. The van der Waals surface area contributed by atoms with Crippen LogP contribution >= 0.6 is 11.6 Å². The summed E-state index contributed by atoms with van der Waals surface area (Å²) in [6.45, 7) is 10.00. The van der Waals surface area contributed by atoms with E-state index in [1.165, 1.54) is 0 Å². The molecular weight excluding hydrogens is 732 g/mol. The van der Waals surface area contributed by atoms with Gasteiger partial charge in [0, 0.05) is 65.4 Å². The van der Waals surface area contributed by atoms with Crippen LogP contribution in [0.3, 0.4) is 0 Å². The number of piperidine rings is 2. The number of halogens is 1. The van der Waals surface area contributed by atoms with E-state index in [1.54, 1.807) is 30.3 Å². The molecule has 1 atom stereocenters. The van der Waals surface area contributed by atoms with E-state index in [0.29, 0.717) is 33.5 Å². The van der Waals surface area contributed by atoms with E-state index < -0.39 is 29.7 Å². The first-order valence-corrected chi connectivity index (χ1v) is 19.6. The first-order valence-electron chi connectivity index (χ1n) is 19.2. The van der Waals surface area contributed by atoms with Crippen LogP contribution in [0.15, 0.2) is 60.7 Å². The standard InChI is InChI=1S/C43H45ClN6O6/c1-41(2)39(42(3,4)40(41)56-29-11-7-25(23-45)32(44)20-29)48-35(52)24-5-8-26(9-6-24)46-27-21-43(22-27)15-17-49(18-16-43)28-10-12-30-31(19-28)38(55)50(37(30)54)33-13-14-34(51)47-36(33)53/h5-12,19-20,27,33,39-40,46H,13-18,21-22H2,1-4H3,(H,48,52)(H,47,51,53)/t33?,39-,40-. The topological polar surface area (TPSA) is 161 Å². The molecule has 3 aromatic carbocycles. The van der Waals surface area contributed by atoms with E-state index in [2.05, 4.69) is 54.6 Å². The molecule has 290 valence electrons. The highest BCUT2D eigenvalue weighted by Crippen LogP contribution is 2.56. The van der Waals surface area contributed by atoms with Crippen molar-refractivity contribution in [3.05, 3.63) is 87.9 Å². The largest absolute Gasteiger partial charge is 0.489 e. The number of hydrogen-bond donors (Lipinski definition) is 3. The maximum atomic E-state index is 13.4. The van der Waals surface area contributed by atoms with Crippen molar-refractivity contribution >= 4 is 52.5 Å². The van der Waals surface area contributed by atoms with Gasteiger partial charge in [-0.3, -0.25) is 34.2 Å². The van der Waals surface area contributed by atoms with Crippen LogP contribution in [0.5, 0.6) is 5.75 Å². The molecule has 0 bridgehead atoms. The second kappa shape index (κ2) is 13.7. The fraction of sp³-hybridized carbons (Fsp3) is 0.442. The van der Waals surface area contributed by atoms with E-state index in [4.69, 9.17) is 16.3 Å². The molecule has 8 rings (SSSR count). The van der Waals surface area contributed by atoms with Gasteiger partial charge in [0.25, 0.3) is 17.7 Å². The Morgan fingerprint density at radius 2 is 1.59 bits per heavy atom. The van der Waals surface area contributed by atoms with Crippen LogP contribution in [0.4, 0.5) is 11.4 Å². The van der Waals surface area contributed by atoms with Crippen molar-refractivity contribution in [2.45, 2.75) is 90.4 Å². The van der Waals surface area contributed by atoms with Crippen molar-refractivity contribution in [3.8, 4) is 11.8 Å². The van der Waals surface area contributed by atoms with Crippen LogP contribution in [0.25, 0.3) is 0 Å². The molecule has 2 aliphatic carbocycles. The number of ether oxygens (including phenoxy) is 1. The smallest absolute Gasteiger partial charge is 0.262 e. The normalized spacial score (nSPS) is 24.8. The molecule has 5 aliphatic rings. The number of hydrogen-bond acceptors (Lipinski definition) is 9. The Labute approximate surface area is 330 Å². The number of carbonyl (C=O) groups is 5. The van der Waals surface area contributed by atoms with Gasteiger partial charge in [-0.2, -0.15) is 5.26 Å². The summed E-state index contributed by atoms with van der Waals surface area (Å²) in [7, 11) is 0. The van der Waals surface area contributed by atoms with Gasteiger partial charge in [-0.15, -0.1) is 0 Å². The lowest BCUT2D eigenvalue weighted by atomic mass is 9.49. The zero-order valence-electron chi connectivity index (χ0n) is 31.9. The van der Waals surface area contributed by atoms with E-state index >= 15 is 0 Å².